The lowest BCUT2D eigenvalue weighted by molar-refractivity contribution is 0.631. The Balaban J connectivity index is 2.60. The van der Waals surface area contributed by atoms with Crippen molar-refractivity contribution in [2.75, 3.05) is 0 Å². The molecular weight excluding hydrogens is 280 g/mol. The monoisotopic (exact) mass is 285 g/mol. The van der Waals surface area contributed by atoms with Crippen molar-refractivity contribution in [1.29, 1.82) is 0 Å². The maximum Gasteiger partial charge on any atom is 0.131 e. The average molecular weight is 287 g/mol. The Hall–Kier alpha value is -0.930. The topological polar surface area (TPSA) is 12.9 Å². The number of aromatic nitrogens is 1. The molecule has 0 saturated heterocycles. The minimum absolute atomic E-state index is 0.302. The fourth-order valence-electron chi connectivity index (χ4n) is 1.29. The minimum Gasteiger partial charge on any atom is -0.249 e. The Morgan fingerprint density at radius 3 is 2.60 bits per heavy atom. The van der Waals surface area contributed by atoms with Gasteiger partial charge in [-0.25, -0.2) is 9.37 Å². The van der Waals surface area contributed by atoms with E-state index in [1.165, 1.54) is 6.07 Å². The highest BCUT2D eigenvalue weighted by atomic mass is 79.9. The van der Waals surface area contributed by atoms with Gasteiger partial charge in [-0.1, -0.05) is 29.8 Å². The summed E-state index contributed by atoms with van der Waals surface area (Å²) in [4.78, 5) is 4.02. The van der Waals surface area contributed by atoms with Crippen LogP contribution in [0.5, 0.6) is 0 Å². The SMILES string of the molecule is Fc1ccccc1-c1cnc(Br)cc1Cl. The number of benzene rings is 1. The molecule has 0 unspecified atom stereocenters. The number of rotatable bonds is 1. The van der Waals surface area contributed by atoms with Crippen LogP contribution in [0.1, 0.15) is 0 Å². The smallest absolute Gasteiger partial charge is 0.131 e. The summed E-state index contributed by atoms with van der Waals surface area (Å²) in [6.45, 7) is 0. The molecule has 0 aliphatic heterocycles. The standard InChI is InChI=1S/C11H6BrClFN/c12-11-5-9(13)8(6-15-11)7-3-1-2-4-10(7)14/h1-6H. The molecule has 2 aromatic rings. The summed E-state index contributed by atoms with van der Waals surface area (Å²) in [7, 11) is 0. The van der Waals surface area contributed by atoms with Crippen LogP contribution in [0.3, 0.4) is 0 Å². The lowest BCUT2D eigenvalue weighted by Crippen LogP contribution is -1.86. The maximum absolute atomic E-state index is 13.5. The fraction of sp³-hybridized carbons (Fsp3) is 0. The van der Waals surface area contributed by atoms with Crippen LogP contribution in [-0.2, 0) is 0 Å². The van der Waals surface area contributed by atoms with Gasteiger partial charge in [0.25, 0.3) is 0 Å². The molecule has 76 valence electrons. The third-order valence-corrected chi connectivity index (χ3v) is 2.73. The van der Waals surface area contributed by atoms with Crippen molar-refractivity contribution < 1.29 is 4.39 Å². The molecule has 0 aliphatic rings. The largest absolute Gasteiger partial charge is 0.249 e. The van der Waals surface area contributed by atoms with Gasteiger partial charge in [0.05, 0.1) is 5.02 Å². The van der Waals surface area contributed by atoms with Crippen molar-refractivity contribution in [2.45, 2.75) is 0 Å². The zero-order chi connectivity index (χ0) is 10.8. The normalized spacial score (nSPS) is 10.3. The van der Waals surface area contributed by atoms with Gasteiger partial charge in [0.15, 0.2) is 0 Å². The average Bonchev–Trinajstić information content (AvgIpc) is 2.20. The van der Waals surface area contributed by atoms with Crippen molar-refractivity contribution in [3.8, 4) is 11.1 Å². The van der Waals surface area contributed by atoms with Crippen molar-refractivity contribution >= 4 is 27.5 Å². The first-order valence-electron chi connectivity index (χ1n) is 4.24. The number of halogens is 3. The molecule has 15 heavy (non-hydrogen) atoms. The predicted molar refractivity (Wildman–Crippen MR) is 62.3 cm³/mol. The quantitative estimate of drug-likeness (QED) is 0.712. The van der Waals surface area contributed by atoms with Gasteiger partial charge in [0.1, 0.15) is 10.4 Å². The molecule has 1 aromatic carbocycles. The Kier molecular flexibility index (Phi) is 3.03. The summed E-state index contributed by atoms with van der Waals surface area (Å²) in [5, 5.41) is 0.474. The molecule has 0 saturated carbocycles. The summed E-state index contributed by atoms with van der Waals surface area (Å²) < 4.78 is 14.1. The summed E-state index contributed by atoms with van der Waals surface area (Å²) in [6.07, 6.45) is 1.55. The van der Waals surface area contributed by atoms with E-state index in [1.54, 1.807) is 30.5 Å². The first-order valence-corrected chi connectivity index (χ1v) is 5.41. The summed E-state index contributed by atoms with van der Waals surface area (Å²) in [6, 6.07) is 8.11. The van der Waals surface area contributed by atoms with Gasteiger partial charge in [0.2, 0.25) is 0 Å². The second-order valence-corrected chi connectivity index (χ2v) is 4.19. The highest BCUT2D eigenvalue weighted by Gasteiger charge is 2.08. The van der Waals surface area contributed by atoms with Crippen LogP contribution in [0.4, 0.5) is 4.39 Å². The van der Waals surface area contributed by atoms with Crippen LogP contribution >= 0.6 is 27.5 Å². The van der Waals surface area contributed by atoms with Gasteiger partial charge in [-0.05, 0) is 28.1 Å². The van der Waals surface area contributed by atoms with Gasteiger partial charge in [-0.15, -0.1) is 0 Å². The lowest BCUT2D eigenvalue weighted by atomic mass is 10.1. The van der Waals surface area contributed by atoms with Crippen molar-refractivity contribution in [3.05, 3.63) is 52.0 Å². The van der Waals surface area contributed by atoms with Crippen molar-refractivity contribution in [1.82, 2.24) is 4.98 Å². The van der Waals surface area contributed by atoms with Crippen LogP contribution in [0.15, 0.2) is 41.1 Å². The Bertz CT molecular complexity index is 502. The van der Waals surface area contributed by atoms with Crippen LogP contribution in [0, 0.1) is 5.82 Å². The van der Waals surface area contributed by atoms with Crippen LogP contribution < -0.4 is 0 Å². The highest BCUT2D eigenvalue weighted by Crippen LogP contribution is 2.30. The van der Waals surface area contributed by atoms with Gasteiger partial charge >= 0.3 is 0 Å². The second kappa shape index (κ2) is 4.29. The molecule has 0 atom stereocenters. The van der Waals surface area contributed by atoms with E-state index >= 15 is 0 Å². The molecule has 0 aliphatic carbocycles. The van der Waals surface area contributed by atoms with E-state index in [9.17, 15) is 4.39 Å². The highest BCUT2D eigenvalue weighted by molar-refractivity contribution is 9.10. The van der Waals surface area contributed by atoms with E-state index in [4.69, 9.17) is 11.6 Å². The van der Waals surface area contributed by atoms with Crippen LogP contribution in [0.2, 0.25) is 5.02 Å². The predicted octanol–water partition coefficient (Wildman–Crippen LogP) is 4.30. The first kappa shape index (κ1) is 10.6. The van der Waals surface area contributed by atoms with Crippen LogP contribution in [0.25, 0.3) is 11.1 Å². The Morgan fingerprint density at radius 2 is 1.93 bits per heavy atom. The van der Waals surface area contributed by atoms with Gasteiger partial charge in [-0.2, -0.15) is 0 Å². The van der Waals surface area contributed by atoms with E-state index in [2.05, 4.69) is 20.9 Å². The minimum atomic E-state index is -0.302. The molecule has 4 heteroatoms. The Morgan fingerprint density at radius 1 is 1.20 bits per heavy atom. The van der Waals surface area contributed by atoms with Gasteiger partial charge in [0, 0.05) is 17.3 Å². The molecule has 0 N–H and O–H groups in total. The number of hydrogen-bond acceptors (Lipinski definition) is 1. The molecule has 0 radical (unpaired) electrons. The van der Waals surface area contributed by atoms with E-state index in [0.29, 0.717) is 20.8 Å². The summed E-state index contributed by atoms with van der Waals surface area (Å²) >= 11 is 9.20. The van der Waals surface area contributed by atoms with Crippen molar-refractivity contribution in [3.63, 3.8) is 0 Å². The summed E-state index contributed by atoms with van der Waals surface area (Å²) in [5.41, 5.74) is 1.06. The molecule has 1 nitrogen and oxygen atoms in total. The molecule has 0 bridgehead atoms. The van der Waals surface area contributed by atoms with E-state index in [0.717, 1.165) is 0 Å². The zero-order valence-corrected chi connectivity index (χ0v) is 9.89. The molecule has 1 aromatic heterocycles. The van der Waals surface area contributed by atoms with Gasteiger partial charge in [-0.3, -0.25) is 0 Å². The van der Waals surface area contributed by atoms with E-state index in [1.807, 2.05) is 0 Å². The molecule has 0 amide bonds. The van der Waals surface area contributed by atoms with E-state index in [-0.39, 0.29) is 5.82 Å². The maximum atomic E-state index is 13.5. The number of nitrogens with zero attached hydrogens (tertiary/aromatic N) is 1. The van der Waals surface area contributed by atoms with Gasteiger partial charge < -0.3 is 0 Å². The Labute approximate surface area is 100 Å². The number of hydrogen-bond donors (Lipinski definition) is 0. The first-order chi connectivity index (χ1) is 7.18. The van der Waals surface area contributed by atoms with Crippen molar-refractivity contribution in [2.24, 2.45) is 0 Å². The molecular formula is C11H6BrClFN. The van der Waals surface area contributed by atoms with Crippen LogP contribution in [-0.4, -0.2) is 4.98 Å². The summed E-state index contributed by atoms with van der Waals surface area (Å²) in [5.74, 6) is -0.302. The molecule has 0 spiro atoms. The third-order valence-electron chi connectivity index (χ3n) is 1.98. The lowest BCUT2D eigenvalue weighted by Gasteiger charge is -2.05. The fourth-order valence-corrected chi connectivity index (χ4v) is 2.00. The third kappa shape index (κ3) is 2.19. The zero-order valence-electron chi connectivity index (χ0n) is 7.55. The molecule has 0 fully saturated rings. The number of pyridine rings is 1. The molecule has 1 heterocycles. The van der Waals surface area contributed by atoms with E-state index < -0.39 is 0 Å². The second-order valence-electron chi connectivity index (χ2n) is 2.97. The molecule has 2 rings (SSSR count).